The first kappa shape index (κ1) is 13.5. The van der Waals surface area contributed by atoms with Crippen LogP contribution < -0.4 is 0 Å². The average molecular weight is 248 g/mol. The highest BCUT2D eigenvalue weighted by atomic mass is 16.3. The summed E-state index contributed by atoms with van der Waals surface area (Å²) in [5.41, 5.74) is 2.19. The van der Waals surface area contributed by atoms with Crippen LogP contribution in [-0.2, 0) is 6.54 Å². The van der Waals surface area contributed by atoms with Crippen LogP contribution in [0.25, 0.3) is 0 Å². The lowest BCUT2D eigenvalue weighted by atomic mass is 9.94. The van der Waals surface area contributed by atoms with Crippen molar-refractivity contribution in [3.8, 4) is 0 Å². The molecule has 100 valence electrons. The molecule has 0 spiro atoms. The summed E-state index contributed by atoms with van der Waals surface area (Å²) in [4.78, 5) is 6.97. The van der Waals surface area contributed by atoms with Gasteiger partial charge in [-0.1, -0.05) is 25.3 Å². The Bertz CT molecular complexity index is 361. The Hall–Kier alpha value is -0.930. The highest BCUT2D eigenvalue weighted by Gasteiger charge is 2.21. The average Bonchev–Trinajstić information content (AvgIpc) is 2.39. The summed E-state index contributed by atoms with van der Waals surface area (Å²) >= 11 is 0. The van der Waals surface area contributed by atoms with E-state index in [9.17, 15) is 5.11 Å². The molecule has 0 radical (unpaired) electrons. The van der Waals surface area contributed by atoms with Crippen LogP contribution in [-0.4, -0.2) is 34.2 Å². The zero-order chi connectivity index (χ0) is 12.8. The number of pyridine rings is 1. The first-order chi connectivity index (χ1) is 8.79. The lowest BCUT2D eigenvalue weighted by molar-refractivity contribution is 0.116. The number of rotatable bonds is 5. The Morgan fingerprint density at radius 2 is 2.06 bits per heavy atom. The number of nitrogens with zero attached hydrogens (tertiary/aromatic N) is 2. The first-order valence-electron chi connectivity index (χ1n) is 7.07. The molecule has 1 aromatic rings. The quantitative estimate of drug-likeness (QED) is 0.870. The van der Waals surface area contributed by atoms with E-state index >= 15 is 0 Å². The Labute approximate surface area is 110 Å². The second-order valence-electron chi connectivity index (χ2n) is 5.26. The van der Waals surface area contributed by atoms with Gasteiger partial charge in [0, 0.05) is 24.8 Å². The monoisotopic (exact) mass is 248 g/mol. The van der Waals surface area contributed by atoms with Crippen molar-refractivity contribution >= 4 is 0 Å². The molecule has 0 bridgehead atoms. The van der Waals surface area contributed by atoms with Crippen molar-refractivity contribution < 1.29 is 5.11 Å². The summed E-state index contributed by atoms with van der Waals surface area (Å²) < 4.78 is 0. The highest BCUT2D eigenvalue weighted by molar-refractivity contribution is 5.10. The van der Waals surface area contributed by atoms with Crippen molar-refractivity contribution in [2.24, 2.45) is 0 Å². The smallest absolute Gasteiger partial charge is 0.0558 e. The minimum atomic E-state index is 0.238. The van der Waals surface area contributed by atoms with Crippen LogP contribution in [0.2, 0.25) is 0 Å². The van der Waals surface area contributed by atoms with Gasteiger partial charge < -0.3 is 5.11 Å². The zero-order valence-corrected chi connectivity index (χ0v) is 11.3. The van der Waals surface area contributed by atoms with E-state index in [0.717, 1.165) is 24.5 Å². The Kier molecular flexibility index (Phi) is 5.14. The van der Waals surface area contributed by atoms with Gasteiger partial charge in [0.05, 0.1) is 12.3 Å². The molecule has 1 aliphatic rings. The Morgan fingerprint density at radius 3 is 2.72 bits per heavy atom. The van der Waals surface area contributed by atoms with E-state index in [0.29, 0.717) is 6.04 Å². The molecule has 1 aliphatic carbocycles. The van der Waals surface area contributed by atoms with Crippen LogP contribution in [0.4, 0.5) is 0 Å². The second-order valence-corrected chi connectivity index (χ2v) is 5.26. The summed E-state index contributed by atoms with van der Waals surface area (Å²) in [5, 5.41) is 9.24. The predicted molar refractivity (Wildman–Crippen MR) is 73.3 cm³/mol. The van der Waals surface area contributed by atoms with Gasteiger partial charge in [-0.3, -0.25) is 9.88 Å². The van der Waals surface area contributed by atoms with E-state index in [1.54, 1.807) is 0 Å². The van der Waals surface area contributed by atoms with Gasteiger partial charge in [0.15, 0.2) is 0 Å². The van der Waals surface area contributed by atoms with Crippen LogP contribution in [0.5, 0.6) is 0 Å². The van der Waals surface area contributed by atoms with Gasteiger partial charge in [0.1, 0.15) is 0 Å². The third kappa shape index (κ3) is 3.79. The maximum atomic E-state index is 9.24. The zero-order valence-electron chi connectivity index (χ0n) is 11.3. The molecule has 0 aliphatic heterocycles. The van der Waals surface area contributed by atoms with E-state index in [1.165, 1.54) is 32.1 Å². The molecule has 0 unspecified atom stereocenters. The van der Waals surface area contributed by atoms with E-state index in [1.807, 2.05) is 13.0 Å². The highest BCUT2D eigenvalue weighted by Crippen LogP contribution is 2.23. The first-order valence-corrected chi connectivity index (χ1v) is 7.07. The van der Waals surface area contributed by atoms with Gasteiger partial charge in [-0.05, 0) is 31.9 Å². The summed E-state index contributed by atoms with van der Waals surface area (Å²) in [7, 11) is 0. The molecule has 2 rings (SSSR count). The predicted octanol–water partition coefficient (Wildman–Crippen LogP) is 2.52. The maximum Gasteiger partial charge on any atom is 0.0558 e. The number of aliphatic hydroxyl groups is 1. The number of aryl methyl sites for hydroxylation is 1. The van der Waals surface area contributed by atoms with Gasteiger partial charge in [0.25, 0.3) is 0 Å². The molecule has 3 heteroatoms. The molecule has 0 atom stereocenters. The van der Waals surface area contributed by atoms with Crippen LogP contribution in [0.15, 0.2) is 18.2 Å². The van der Waals surface area contributed by atoms with Gasteiger partial charge in [-0.2, -0.15) is 0 Å². The maximum absolute atomic E-state index is 9.24. The molecule has 0 saturated heterocycles. The summed E-state index contributed by atoms with van der Waals surface area (Å²) in [6.07, 6.45) is 6.56. The molecule has 1 saturated carbocycles. The number of aromatic nitrogens is 1. The number of hydrogen-bond acceptors (Lipinski definition) is 3. The molecular weight excluding hydrogens is 224 g/mol. The lowest BCUT2D eigenvalue weighted by Gasteiger charge is -2.33. The van der Waals surface area contributed by atoms with Crippen LogP contribution in [0.3, 0.4) is 0 Å². The Balaban J connectivity index is 2.00. The standard InChI is InChI=1S/C15H24N2O/c1-13-6-5-7-14(16-13)12-17(10-11-18)15-8-3-2-4-9-15/h5-7,15,18H,2-4,8-12H2,1H3. The van der Waals surface area contributed by atoms with Crippen molar-refractivity contribution in [2.75, 3.05) is 13.2 Å². The van der Waals surface area contributed by atoms with Crippen molar-refractivity contribution in [3.05, 3.63) is 29.6 Å². The van der Waals surface area contributed by atoms with E-state index in [4.69, 9.17) is 0 Å². The summed E-state index contributed by atoms with van der Waals surface area (Å²) in [6.45, 7) is 3.90. The largest absolute Gasteiger partial charge is 0.395 e. The van der Waals surface area contributed by atoms with Gasteiger partial charge in [0.2, 0.25) is 0 Å². The Morgan fingerprint density at radius 1 is 1.28 bits per heavy atom. The summed E-state index contributed by atoms with van der Waals surface area (Å²) in [5.74, 6) is 0. The lowest BCUT2D eigenvalue weighted by Crippen LogP contribution is -2.38. The fourth-order valence-corrected chi connectivity index (χ4v) is 2.86. The molecular formula is C15H24N2O. The minimum absolute atomic E-state index is 0.238. The van der Waals surface area contributed by atoms with Gasteiger partial charge >= 0.3 is 0 Å². The third-order valence-corrected chi connectivity index (χ3v) is 3.79. The molecule has 1 fully saturated rings. The van der Waals surface area contributed by atoms with E-state index < -0.39 is 0 Å². The molecule has 3 nitrogen and oxygen atoms in total. The SMILES string of the molecule is Cc1cccc(CN(CCO)C2CCCCC2)n1. The van der Waals surface area contributed by atoms with Crippen molar-refractivity contribution in [1.29, 1.82) is 0 Å². The van der Waals surface area contributed by atoms with Gasteiger partial charge in [-0.25, -0.2) is 0 Å². The minimum Gasteiger partial charge on any atom is -0.395 e. The van der Waals surface area contributed by atoms with Crippen LogP contribution in [0, 0.1) is 6.92 Å². The molecule has 1 heterocycles. The third-order valence-electron chi connectivity index (χ3n) is 3.79. The number of hydrogen-bond donors (Lipinski definition) is 1. The van der Waals surface area contributed by atoms with Gasteiger partial charge in [-0.15, -0.1) is 0 Å². The van der Waals surface area contributed by atoms with Crippen molar-refractivity contribution in [1.82, 2.24) is 9.88 Å². The number of aliphatic hydroxyl groups excluding tert-OH is 1. The topological polar surface area (TPSA) is 36.4 Å². The van der Waals surface area contributed by atoms with E-state index in [-0.39, 0.29) is 6.61 Å². The van der Waals surface area contributed by atoms with E-state index in [2.05, 4.69) is 22.0 Å². The van der Waals surface area contributed by atoms with Crippen LogP contribution in [0.1, 0.15) is 43.5 Å². The normalized spacial score (nSPS) is 17.3. The van der Waals surface area contributed by atoms with Crippen molar-refractivity contribution in [3.63, 3.8) is 0 Å². The fourth-order valence-electron chi connectivity index (χ4n) is 2.86. The van der Waals surface area contributed by atoms with Crippen molar-refractivity contribution in [2.45, 2.75) is 51.6 Å². The van der Waals surface area contributed by atoms with Crippen LogP contribution >= 0.6 is 0 Å². The molecule has 1 N–H and O–H groups in total. The molecule has 1 aromatic heterocycles. The molecule has 0 amide bonds. The summed E-state index contributed by atoms with van der Waals surface area (Å²) in [6, 6.07) is 6.81. The molecule has 18 heavy (non-hydrogen) atoms. The second kappa shape index (κ2) is 6.86. The fraction of sp³-hybridized carbons (Fsp3) is 0.667. The molecule has 0 aromatic carbocycles.